The predicted molar refractivity (Wildman–Crippen MR) is 44.7 cm³/mol. The van der Waals surface area contributed by atoms with Crippen LogP contribution in [-0.2, 0) is 0 Å². The molecule has 1 heterocycles. The Morgan fingerprint density at radius 3 is 2.56 bits per heavy atom. The van der Waals surface area contributed by atoms with E-state index in [0.29, 0.717) is 0 Å². The van der Waals surface area contributed by atoms with Crippen molar-refractivity contribution in [3.8, 4) is 0 Å². The Balaban J connectivity index is 1.83. The highest BCUT2D eigenvalue weighted by atomic mass is 32.2. The van der Waals surface area contributed by atoms with Gasteiger partial charge in [0.15, 0.2) is 0 Å². The first-order chi connectivity index (χ1) is 4.34. The third-order valence-electron chi connectivity index (χ3n) is 1.78. The van der Waals surface area contributed by atoms with Crippen LogP contribution in [0.1, 0.15) is 32.6 Å². The summed E-state index contributed by atoms with van der Waals surface area (Å²) in [5, 5.41) is 1.67. The fourth-order valence-electron chi connectivity index (χ4n) is 1.03. The molecule has 1 aliphatic heterocycles. The summed E-state index contributed by atoms with van der Waals surface area (Å²) < 4.78 is 0. The van der Waals surface area contributed by atoms with Gasteiger partial charge >= 0.3 is 0 Å². The van der Waals surface area contributed by atoms with Crippen LogP contribution < -0.4 is 0 Å². The highest BCUT2D eigenvalue weighted by Gasteiger charge is 2.32. The molecule has 0 nitrogen and oxygen atoms in total. The van der Waals surface area contributed by atoms with Gasteiger partial charge in [-0.2, -0.15) is 11.8 Å². The van der Waals surface area contributed by atoms with Gasteiger partial charge in [0.05, 0.1) is 0 Å². The molecule has 0 aromatic rings. The van der Waals surface area contributed by atoms with Crippen LogP contribution in [0.5, 0.6) is 0 Å². The van der Waals surface area contributed by atoms with Gasteiger partial charge in [-0.05, 0) is 13.3 Å². The van der Waals surface area contributed by atoms with Crippen molar-refractivity contribution in [3.05, 3.63) is 6.92 Å². The first-order valence-corrected chi connectivity index (χ1v) is 4.77. The molecule has 0 spiro atoms. The van der Waals surface area contributed by atoms with Crippen LogP contribution >= 0.6 is 11.8 Å². The van der Waals surface area contributed by atoms with E-state index in [1.807, 2.05) is 11.8 Å². The normalized spacial score (nSPS) is 32.7. The summed E-state index contributed by atoms with van der Waals surface area (Å²) in [5.41, 5.74) is 0. The molecule has 1 fully saturated rings. The highest BCUT2D eigenvalue weighted by Crippen LogP contribution is 2.43. The zero-order valence-corrected chi connectivity index (χ0v) is 6.91. The molecule has 0 saturated carbocycles. The molecule has 1 heteroatoms. The van der Waals surface area contributed by atoms with E-state index in [-0.39, 0.29) is 0 Å². The number of rotatable bonds is 4. The summed E-state index contributed by atoms with van der Waals surface area (Å²) in [6.45, 7) is 6.22. The lowest BCUT2D eigenvalue weighted by molar-refractivity contribution is 0.673. The Morgan fingerprint density at radius 1 is 1.44 bits per heavy atom. The summed E-state index contributed by atoms with van der Waals surface area (Å²) in [7, 11) is 0. The molecule has 1 rings (SSSR count). The number of unbranched alkanes of at least 4 members (excludes halogenated alkanes) is 2. The van der Waals surface area contributed by atoms with Gasteiger partial charge < -0.3 is 0 Å². The van der Waals surface area contributed by atoms with E-state index in [2.05, 4.69) is 13.8 Å². The molecule has 53 valence electrons. The highest BCUT2D eigenvalue weighted by molar-refractivity contribution is 8.07. The monoisotopic (exact) mass is 143 g/mol. The van der Waals surface area contributed by atoms with Crippen molar-refractivity contribution in [1.29, 1.82) is 0 Å². The second kappa shape index (κ2) is 3.50. The largest absolute Gasteiger partial charge is 0.153 e. The molecule has 0 aliphatic carbocycles. The van der Waals surface area contributed by atoms with Crippen LogP contribution in [0, 0.1) is 6.92 Å². The van der Waals surface area contributed by atoms with Crippen molar-refractivity contribution < 1.29 is 0 Å². The summed E-state index contributed by atoms with van der Waals surface area (Å²) >= 11 is 2.03. The zero-order valence-electron chi connectivity index (χ0n) is 6.10. The molecule has 2 atom stereocenters. The fourth-order valence-corrected chi connectivity index (χ4v) is 1.83. The number of thioether (sulfide) groups is 1. The maximum atomic E-state index is 3.97. The molecule has 1 saturated heterocycles. The van der Waals surface area contributed by atoms with Crippen molar-refractivity contribution in [2.75, 3.05) is 0 Å². The molecule has 0 aromatic carbocycles. The molecular weight excluding hydrogens is 128 g/mol. The van der Waals surface area contributed by atoms with Gasteiger partial charge in [-0.3, -0.25) is 0 Å². The van der Waals surface area contributed by atoms with E-state index in [0.717, 1.165) is 10.5 Å². The Labute approximate surface area is 62.4 Å². The molecule has 1 radical (unpaired) electrons. The number of hydrogen-bond donors (Lipinski definition) is 0. The molecular formula is C8H15S. The van der Waals surface area contributed by atoms with Gasteiger partial charge in [0, 0.05) is 10.5 Å². The fraction of sp³-hybridized carbons (Fsp3) is 0.875. The van der Waals surface area contributed by atoms with E-state index in [1.165, 1.54) is 25.7 Å². The number of hydrogen-bond acceptors (Lipinski definition) is 1. The molecule has 0 aromatic heterocycles. The second-order valence-electron chi connectivity index (χ2n) is 2.71. The van der Waals surface area contributed by atoms with Gasteiger partial charge in [0.1, 0.15) is 0 Å². The minimum Gasteiger partial charge on any atom is -0.153 e. The maximum Gasteiger partial charge on any atom is 0.0170 e. The topological polar surface area (TPSA) is 0 Å². The minimum absolute atomic E-state index is 0.738. The van der Waals surface area contributed by atoms with Crippen LogP contribution in [-0.4, -0.2) is 10.5 Å². The molecule has 0 bridgehead atoms. The molecule has 2 unspecified atom stereocenters. The Morgan fingerprint density at radius 2 is 2.11 bits per heavy atom. The van der Waals surface area contributed by atoms with E-state index in [9.17, 15) is 0 Å². The minimum atomic E-state index is 0.738. The summed E-state index contributed by atoms with van der Waals surface area (Å²) in [5.74, 6) is 0. The van der Waals surface area contributed by atoms with Gasteiger partial charge in [0.25, 0.3) is 0 Å². The molecule has 0 amide bonds. The first kappa shape index (κ1) is 7.46. The van der Waals surface area contributed by atoms with Crippen molar-refractivity contribution in [3.63, 3.8) is 0 Å². The van der Waals surface area contributed by atoms with Crippen LogP contribution in [0.15, 0.2) is 0 Å². The lowest BCUT2D eigenvalue weighted by Crippen LogP contribution is -1.88. The van der Waals surface area contributed by atoms with Crippen molar-refractivity contribution >= 4 is 11.8 Å². The van der Waals surface area contributed by atoms with Gasteiger partial charge in [-0.1, -0.05) is 26.2 Å². The third kappa shape index (κ3) is 2.61. The average molecular weight is 143 g/mol. The predicted octanol–water partition coefficient (Wildman–Crippen LogP) is 2.88. The van der Waals surface area contributed by atoms with Crippen LogP contribution in [0.25, 0.3) is 0 Å². The Bertz CT molecular complexity index is 80.6. The zero-order chi connectivity index (χ0) is 6.69. The van der Waals surface area contributed by atoms with E-state index < -0.39 is 0 Å². The lowest BCUT2D eigenvalue weighted by Gasteiger charge is -1.92. The van der Waals surface area contributed by atoms with Crippen molar-refractivity contribution in [2.24, 2.45) is 0 Å². The average Bonchev–Trinajstić information content (AvgIpc) is 2.48. The summed E-state index contributed by atoms with van der Waals surface area (Å²) in [6, 6.07) is 0. The van der Waals surface area contributed by atoms with Crippen LogP contribution in [0.3, 0.4) is 0 Å². The first-order valence-electron chi connectivity index (χ1n) is 3.83. The smallest absolute Gasteiger partial charge is 0.0170 e. The van der Waals surface area contributed by atoms with Crippen LogP contribution in [0.2, 0.25) is 0 Å². The Kier molecular flexibility index (Phi) is 2.90. The van der Waals surface area contributed by atoms with Crippen LogP contribution in [0.4, 0.5) is 0 Å². The van der Waals surface area contributed by atoms with Gasteiger partial charge in [-0.25, -0.2) is 0 Å². The van der Waals surface area contributed by atoms with Gasteiger partial charge in [0.2, 0.25) is 0 Å². The van der Waals surface area contributed by atoms with Crippen molar-refractivity contribution in [2.45, 2.75) is 43.1 Å². The SMILES string of the molecule is [CH2]C1SC1CCCCC. The molecule has 1 aliphatic rings. The quantitative estimate of drug-likeness (QED) is 0.431. The second-order valence-corrected chi connectivity index (χ2v) is 4.19. The van der Waals surface area contributed by atoms with E-state index in [4.69, 9.17) is 0 Å². The van der Waals surface area contributed by atoms with E-state index in [1.54, 1.807) is 0 Å². The molecule has 9 heavy (non-hydrogen) atoms. The summed E-state index contributed by atoms with van der Waals surface area (Å²) in [4.78, 5) is 0. The Hall–Kier alpha value is 0.350. The van der Waals surface area contributed by atoms with Gasteiger partial charge in [-0.15, -0.1) is 0 Å². The molecule has 0 N–H and O–H groups in total. The third-order valence-corrected chi connectivity index (χ3v) is 3.06. The maximum absolute atomic E-state index is 3.97. The van der Waals surface area contributed by atoms with E-state index >= 15 is 0 Å². The standard InChI is InChI=1S/C8H15S/c1-3-4-5-6-8-7(2)9-8/h7-8H,2-6H2,1H3. The van der Waals surface area contributed by atoms with Crippen molar-refractivity contribution in [1.82, 2.24) is 0 Å². The summed E-state index contributed by atoms with van der Waals surface area (Å²) in [6.07, 6.45) is 5.58. The lowest BCUT2D eigenvalue weighted by atomic mass is 10.1.